The van der Waals surface area contributed by atoms with Gasteiger partial charge in [-0.25, -0.2) is 0 Å². The summed E-state index contributed by atoms with van der Waals surface area (Å²) in [4.78, 5) is 0. The first-order chi connectivity index (χ1) is 4.76. The lowest BCUT2D eigenvalue weighted by Gasteiger charge is -2.04. The molecule has 0 radical (unpaired) electrons. The molecule has 0 aromatic rings. The van der Waals surface area contributed by atoms with Gasteiger partial charge >= 0.3 is 0 Å². The second kappa shape index (κ2) is 5.28. The highest BCUT2D eigenvalue weighted by Gasteiger charge is 1.94. The van der Waals surface area contributed by atoms with Crippen LogP contribution < -0.4 is 0 Å². The van der Waals surface area contributed by atoms with Gasteiger partial charge in [-0.15, -0.1) is 6.58 Å². The molecule has 0 saturated heterocycles. The number of hydrogen-bond donors (Lipinski definition) is 0. The van der Waals surface area contributed by atoms with Gasteiger partial charge in [0.25, 0.3) is 0 Å². The van der Waals surface area contributed by atoms with Crippen molar-refractivity contribution in [1.82, 2.24) is 0 Å². The second-order valence-corrected chi connectivity index (χ2v) is 2.58. The van der Waals surface area contributed by atoms with Crippen LogP contribution in [-0.2, 0) is 0 Å². The zero-order chi connectivity index (χ0) is 7.98. The lowest BCUT2D eigenvalue weighted by Crippen LogP contribution is -1.84. The predicted octanol–water partition coefficient (Wildman–Crippen LogP) is 3.70. The van der Waals surface area contributed by atoms with Gasteiger partial charge in [0.05, 0.1) is 0 Å². The molecule has 0 amide bonds. The Bertz CT molecular complexity index is 129. The van der Waals surface area contributed by atoms with Gasteiger partial charge in [-0.1, -0.05) is 31.1 Å². The van der Waals surface area contributed by atoms with Crippen LogP contribution in [0.4, 0.5) is 0 Å². The Labute approximate surface area is 64.6 Å². The van der Waals surface area contributed by atoms with Crippen LogP contribution in [-0.4, -0.2) is 0 Å². The van der Waals surface area contributed by atoms with Gasteiger partial charge in [0.1, 0.15) is 0 Å². The Morgan fingerprint density at radius 1 is 1.30 bits per heavy atom. The van der Waals surface area contributed by atoms with E-state index in [0.29, 0.717) is 0 Å². The maximum absolute atomic E-state index is 3.73. The monoisotopic (exact) mass is 138 g/mol. The summed E-state index contributed by atoms with van der Waals surface area (Å²) < 4.78 is 0. The van der Waals surface area contributed by atoms with Gasteiger partial charge in [-0.2, -0.15) is 0 Å². The van der Waals surface area contributed by atoms with Crippen LogP contribution in [0.5, 0.6) is 0 Å². The van der Waals surface area contributed by atoms with Crippen LogP contribution in [0.2, 0.25) is 0 Å². The average molecular weight is 138 g/mol. The third-order valence-electron chi connectivity index (χ3n) is 1.95. The number of allylic oxidation sites excluding steroid dienone is 3. The standard InChI is InChI=1S/C10H18/c1-5-8-10(7-3)9(4)6-2/h5H,1,6-8H2,2-4H3/b10-9-. The molecule has 0 N–H and O–H groups in total. The van der Waals surface area contributed by atoms with E-state index in [9.17, 15) is 0 Å². The maximum Gasteiger partial charge on any atom is -0.0139 e. The first-order valence-corrected chi connectivity index (χ1v) is 4.04. The minimum absolute atomic E-state index is 1.07. The highest BCUT2D eigenvalue weighted by atomic mass is 14.0. The smallest absolute Gasteiger partial charge is 0.0139 e. The number of rotatable bonds is 4. The molecule has 58 valence electrons. The Kier molecular flexibility index (Phi) is 5.00. The van der Waals surface area contributed by atoms with E-state index < -0.39 is 0 Å². The van der Waals surface area contributed by atoms with Crippen molar-refractivity contribution in [3.63, 3.8) is 0 Å². The van der Waals surface area contributed by atoms with Crippen molar-refractivity contribution in [3.05, 3.63) is 23.8 Å². The fraction of sp³-hybridized carbons (Fsp3) is 0.600. The first-order valence-electron chi connectivity index (χ1n) is 4.04. The Morgan fingerprint density at radius 2 is 1.90 bits per heavy atom. The Morgan fingerprint density at radius 3 is 2.20 bits per heavy atom. The molecular weight excluding hydrogens is 120 g/mol. The summed E-state index contributed by atoms with van der Waals surface area (Å²) in [6, 6.07) is 0. The van der Waals surface area contributed by atoms with Crippen molar-refractivity contribution in [2.75, 3.05) is 0 Å². The fourth-order valence-corrected chi connectivity index (χ4v) is 1.04. The normalized spacial score (nSPS) is 12.7. The first kappa shape index (κ1) is 9.48. The van der Waals surface area contributed by atoms with Crippen molar-refractivity contribution >= 4 is 0 Å². The second-order valence-electron chi connectivity index (χ2n) is 2.58. The molecule has 0 spiro atoms. The molecule has 0 aliphatic rings. The van der Waals surface area contributed by atoms with Crippen molar-refractivity contribution < 1.29 is 0 Å². The molecule has 0 unspecified atom stereocenters. The molecule has 0 fully saturated rings. The third kappa shape index (κ3) is 2.86. The van der Waals surface area contributed by atoms with E-state index in [4.69, 9.17) is 0 Å². The van der Waals surface area contributed by atoms with Crippen LogP contribution >= 0.6 is 0 Å². The molecule has 10 heavy (non-hydrogen) atoms. The summed E-state index contributed by atoms with van der Waals surface area (Å²) in [5, 5.41) is 0. The van der Waals surface area contributed by atoms with Gasteiger partial charge in [-0.3, -0.25) is 0 Å². The Hall–Kier alpha value is -0.520. The summed E-state index contributed by atoms with van der Waals surface area (Å²) in [6.45, 7) is 10.4. The molecule has 0 atom stereocenters. The minimum atomic E-state index is 1.07. The van der Waals surface area contributed by atoms with Gasteiger partial charge in [0.2, 0.25) is 0 Å². The van der Waals surface area contributed by atoms with Crippen LogP contribution in [0.1, 0.15) is 40.0 Å². The van der Waals surface area contributed by atoms with E-state index in [1.54, 1.807) is 5.57 Å². The summed E-state index contributed by atoms with van der Waals surface area (Å²) in [7, 11) is 0. The zero-order valence-corrected chi connectivity index (χ0v) is 7.41. The van der Waals surface area contributed by atoms with E-state index in [0.717, 1.165) is 6.42 Å². The molecule has 0 aliphatic carbocycles. The molecule has 0 aromatic carbocycles. The molecule has 0 nitrogen and oxygen atoms in total. The van der Waals surface area contributed by atoms with E-state index in [1.165, 1.54) is 18.4 Å². The van der Waals surface area contributed by atoms with Crippen molar-refractivity contribution in [1.29, 1.82) is 0 Å². The van der Waals surface area contributed by atoms with E-state index in [1.807, 2.05) is 6.08 Å². The summed E-state index contributed by atoms with van der Waals surface area (Å²) >= 11 is 0. The average Bonchev–Trinajstić information content (AvgIpc) is 1.99. The van der Waals surface area contributed by atoms with Crippen LogP contribution in [0, 0.1) is 0 Å². The molecular formula is C10H18. The van der Waals surface area contributed by atoms with Crippen molar-refractivity contribution in [3.8, 4) is 0 Å². The van der Waals surface area contributed by atoms with E-state index in [-0.39, 0.29) is 0 Å². The molecule has 0 heteroatoms. The fourth-order valence-electron chi connectivity index (χ4n) is 1.04. The topological polar surface area (TPSA) is 0 Å². The van der Waals surface area contributed by atoms with Gasteiger partial charge < -0.3 is 0 Å². The summed E-state index contributed by atoms with van der Waals surface area (Å²) in [5.74, 6) is 0. The predicted molar refractivity (Wildman–Crippen MR) is 48.1 cm³/mol. The lowest BCUT2D eigenvalue weighted by atomic mass is 10.0. The minimum Gasteiger partial charge on any atom is -0.103 e. The highest BCUT2D eigenvalue weighted by molar-refractivity contribution is 5.13. The molecule has 0 heterocycles. The molecule has 0 rings (SSSR count). The van der Waals surface area contributed by atoms with E-state index >= 15 is 0 Å². The number of hydrogen-bond acceptors (Lipinski definition) is 0. The van der Waals surface area contributed by atoms with Crippen LogP contribution in [0.3, 0.4) is 0 Å². The quantitative estimate of drug-likeness (QED) is 0.520. The van der Waals surface area contributed by atoms with Crippen LogP contribution in [0.25, 0.3) is 0 Å². The molecule has 0 aliphatic heterocycles. The summed E-state index contributed by atoms with van der Waals surface area (Å²) in [5.41, 5.74) is 3.08. The van der Waals surface area contributed by atoms with Gasteiger partial charge in [0.15, 0.2) is 0 Å². The van der Waals surface area contributed by atoms with E-state index in [2.05, 4.69) is 27.4 Å². The SMILES string of the molecule is C=CC/C(CC)=C(/C)CC. The zero-order valence-electron chi connectivity index (χ0n) is 7.41. The Balaban J connectivity index is 4.13. The third-order valence-corrected chi connectivity index (χ3v) is 1.95. The van der Waals surface area contributed by atoms with Crippen molar-refractivity contribution in [2.24, 2.45) is 0 Å². The molecule has 0 bridgehead atoms. The highest BCUT2D eigenvalue weighted by Crippen LogP contribution is 2.15. The molecule has 0 aromatic heterocycles. The van der Waals surface area contributed by atoms with Gasteiger partial charge in [0, 0.05) is 0 Å². The van der Waals surface area contributed by atoms with Crippen LogP contribution in [0.15, 0.2) is 23.8 Å². The van der Waals surface area contributed by atoms with Gasteiger partial charge in [-0.05, 0) is 26.2 Å². The lowest BCUT2D eigenvalue weighted by molar-refractivity contribution is 0.946. The maximum atomic E-state index is 3.73. The molecule has 0 saturated carbocycles. The van der Waals surface area contributed by atoms with Crippen molar-refractivity contribution in [2.45, 2.75) is 40.0 Å². The largest absolute Gasteiger partial charge is 0.103 e. The summed E-state index contributed by atoms with van der Waals surface area (Å²) in [6.07, 6.45) is 5.40.